The molecule has 8 nitrogen and oxygen atoms in total. The Kier molecular flexibility index (Phi) is 5.98. The van der Waals surface area contributed by atoms with E-state index in [1.54, 1.807) is 18.2 Å². The Labute approximate surface area is 167 Å². The van der Waals surface area contributed by atoms with Crippen LogP contribution in [0.4, 0.5) is 23.0 Å². The van der Waals surface area contributed by atoms with E-state index >= 15 is 0 Å². The fourth-order valence-corrected chi connectivity index (χ4v) is 3.73. The second-order valence-electron chi connectivity index (χ2n) is 6.58. The molecule has 1 fully saturated rings. The molecule has 3 rings (SSSR count). The van der Waals surface area contributed by atoms with E-state index in [0.717, 1.165) is 25.9 Å². The van der Waals surface area contributed by atoms with E-state index in [1.807, 2.05) is 11.9 Å². The Hall–Kier alpha value is -2.16. The largest absolute Gasteiger partial charge is 0.353 e. The summed E-state index contributed by atoms with van der Waals surface area (Å²) in [4.78, 5) is 23.7. The fraction of sp³-hybridized carbons (Fsp3) is 0.412. The molecule has 1 saturated heterocycles. The maximum absolute atomic E-state index is 11.8. The molecule has 1 aliphatic rings. The number of nitrogens with zero attached hydrogens (tertiary/aromatic N) is 5. The molecule has 0 atom stereocenters. The van der Waals surface area contributed by atoms with E-state index in [4.69, 9.17) is 23.2 Å². The molecule has 1 aromatic heterocycles. The lowest BCUT2D eigenvalue weighted by molar-refractivity contribution is -0.383. The van der Waals surface area contributed by atoms with Crippen LogP contribution in [0.2, 0.25) is 10.0 Å². The Morgan fingerprint density at radius 2 is 1.85 bits per heavy atom. The number of benzene rings is 1. The van der Waals surface area contributed by atoms with Crippen LogP contribution in [0.1, 0.15) is 12.8 Å². The molecule has 2 heterocycles. The maximum Gasteiger partial charge on any atom is 0.353 e. The SMILES string of the molecule is CN1CCC(N(C)c2ncnc(Nc3cc(Cl)cc(Cl)c3)c2[N+](=O)[O-])CC1. The number of nitrogens with one attached hydrogen (secondary N) is 1. The summed E-state index contributed by atoms with van der Waals surface area (Å²) in [5, 5.41) is 15.6. The minimum Gasteiger partial charge on any atom is -0.351 e. The number of rotatable bonds is 5. The highest BCUT2D eigenvalue weighted by Crippen LogP contribution is 2.35. The Morgan fingerprint density at radius 1 is 1.22 bits per heavy atom. The number of halogens is 2. The number of piperidine rings is 1. The highest BCUT2D eigenvalue weighted by Gasteiger charge is 2.30. The monoisotopic (exact) mass is 410 g/mol. The topological polar surface area (TPSA) is 87.4 Å². The van der Waals surface area contributed by atoms with Crippen LogP contribution < -0.4 is 10.2 Å². The number of hydrogen-bond acceptors (Lipinski definition) is 7. The van der Waals surface area contributed by atoms with Gasteiger partial charge in [-0.15, -0.1) is 0 Å². The zero-order valence-electron chi connectivity index (χ0n) is 15.0. The molecule has 1 aliphatic heterocycles. The minimum atomic E-state index is -0.463. The van der Waals surface area contributed by atoms with Gasteiger partial charge in [0.05, 0.1) is 4.92 Å². The summed E-state index contributed by atoms with van der Waals surface area (Å²) >= 11 is 12.0. The Morgan fingerprint density at radius 3 is 2.44 bits per heavy atom. The lowest BCUT2D eigenvalue weighted by atomic mass is 10.0. The van der Waals surface area contributed by atoms with Gasteiger partial charge in [-0.05, 0) is 51.2 Å². The molecule has 0 amide bonds. The first kappa shape index (κ1) is 19.6. The van der Waals surface area contributed by atoms with Crippen LogP contribution in [0, 0.1) is 10.1 Å². The van der Waals surface area contributed by atoms with E-state index < -0.39 is 4.92 Å². The van der Waals surface area contributed by atoms with Gasteiger partial charge in [-0.2, -0.15) is 0 Å². The Balaban J connectivity index is 1.93. The first-order chi connectivity index (χ1) is 12.8. The molecule has 144 valence electrons. The lowest BCUT2D eigenvalue weighted by Gasteiger charge is -2.35. The van der Waals surface area contributed by atoms with Crippen molar-refractivity contribution < 1.29 is 4.92 Å². The predicted molar refractivity (Wildman–Crippen MR) is 107 cm³/mol. The molecule has 0 saturated carbocycles. The highest BCUT2D eigenvalue weighted by atomic mass is 35.5. The summed E-state index contributed by atoms with van der Waals surface area (Å²) in [5.41, 5.74) is 0.345. The van der Waals surface area contributed by atoms with E-state index in [-0.39, 0.29) is 17.5 Å². The number of likely N-dealkylation sites (tertiary alicyclic amines) is 1. The minimum absolute atomic E-state index is 0.100. The number of aromatic nitrogens is 2. The van der Waals surface area contributed by atoms with Gasteiger partial charge in [0.1, 0.15) is 6.33 Å². The molecule has 0 aliphatic carbocycles. The molecule has 27 heavy (non-hydrogen) atoms. The lowest BCUT2D eigenvalue weighted by Crippen LogP contribution is -2.42. The summed E-state index contributed by atoms with van der Waals surface area (Å²) in [6.07, 6.45) is 3.16. The van der Waals surface area contributed by atoms with Crippen LogP contribution in [-0.2, 0) is 0 Å². The third-order valence-corrected chi connectivity index (χ3v) is 5.12. The van der Waals surface area contributed by atoms with E-state index in [1.165, 1.54) is 6.33 Å². The van der Waals surface area contributed by atoms with Gasteiger partial charge >= 0.3 is 5.69 Å². The first-order valence-electron chi connectivity index (χ1n) is 8.49. The van der Waals surface area contributed by atoms with E-state index in [0.29, 0.717) is 21.6 Å². The second kappa shape index (κ2) is 8.24. The van der Waals surface area contributed by atoms with Crippen LogP contribution in [0.3, 0.4) is 0 Å². The van der Waals surface area contributed by atoms with Crippen LogP contribution in [0.5, 0.6) is 0 Å². The van der Waals surface area contributed by atoms with Gasteiger partial charge in [-0.1, -0.05) is 23.2 Å². The van der Waals surface area contributed by atoms with Gasteiger partial charge in [0.15, 0.2) is 0 Å². The molecular weight excluding hydrogens is 391 g/mol. The quantitative estimate of drug-likeness (QED) is 0.589. The highest BCUT2D eigenvalue weighted by molar-refractivity contribution is 6.35. The van der Waals surface area contributed by atoms with Crippen molar-refractivity contribution in [3.63, 3.8) is 0 Å². The number of anilines is 3. The standard InChI is InChI=1S/C17H20Cl2N6O2/c1-23-5-3-14(4-6-23)24(2)17-15(25(26)27)16(20-10-21-17)22-13-8-11(18)7-12(19)9-13/h7-10,14H,3-6H2,1-2H3,(H,20,21,22). The van der Waals surface area contributed by atoms with Crippen molar-refractivity contribution in [2.75, 3.05) is 37.4 Å². The van der Waals surface area contributed by atoms with Crippen LogP contribution in [-0.4, -0.2) is 53.0 Å². The van der Waals surface area contributed by atoms with Crippen molar-refractivity contribution in [1.29, 1.82) is 0 Å². The third kappa shape index (κ3) is 4.58. The average Bonchev–Trinajstić information content (AvgIpc) is 2.60. The predicted octanol–water partition coefficient (Wildman–Crippen LogP) is 3.97. The second-order valence-corrected chi connectivity index (χ2v) is 7.45. The molecule has 1 aromatic carbocycles. The number of hydrogen-bond donors (Lipinski definition) is 1. The zero-order chi connectivity index (χ0) is 19.6. The first-order valence-corrected chi connectivity index (χ1v) is 9.24. The summed E-state index contributed by atoms with van der Waals surface area (Å²) in [6.45, 7) is 1.89. The van der Waals surface area contributed by atoms with Crippen molar-refractivity contribution in [2.45, 2.75) is 18.9 Å². The molecule has 0 spiro atoms. The molecule has 0 bridgehead atoms. The average molecular weight is 411 g/mol. The van der Waals surface area contributed by atoms with Crippen LogP contribution in [0.15, 0.2) is 24.5 Å². The number of nitro groups is 1. The molecular formula is C17H20Cl2N6O2. The third-order valence-electron chi connectivity index (χ3n) is 4.68. The van der Waals surface area contributed by atoms with Crippen molar-refractivity contribution in [3.8, 4) is 0 Å². The van der Waals surface area contributed by atoms with Crippen LogP contribution >= 0.6 is 23.2 Å². The molecule has 10 heteroatoms. The molecule has 0 radical (unpaired) electrons. The molecule has 1 N–H and O–H groups in total. The molecule has 0 unspecified atom stereocenters. The van der Waals surface area contributed by atoms with Crippen molar-refractivity contribution >= 4 is 46.2 Å². The summed E-state index contributed by atoms with van der Waals surface area (Å²) in [7, 11) is 3.91. The zero-order valence-corrected chi connectivity index (χ0v) is 16.5. The van der Waals surface area contributed by atoms with Crippen molar-refractivity contribution in [2.24, 2.45) is 0 Å². The van der Waals surface area contributed by atoms with Crippen LogP contribution in [0.25, 0.3) is 0 Å². The van der Waals surface area contributed by atoms with Gasteiger partial charge in [0, 0.05) is 28.8 Å². The summed E-state index contributed by atoms with van der Waals surface area (Å²) in [6, 6.07) is 5.02. The Bertz CT molecular complexity index is 822. The smallest absolute Gasteiger partial charge is 0.351 e. The maximum atomic E-state index is 11.8. The van der Waals surface area contributed by atoms with E-state index in [2.05, 4.69) is 27.2 Å². The van der Waals surface area contributed by atoms with Gasteiger partial charge < -0.3 is 15.1 Å². The molecule has 2 aromatic rings. The van der Waals surface area contributed by atoms with Gasteiger partial charge in [-0.25, -0.2) is 9.97 Å². The van der Waals surface area contributed by atoms with Gasteiger partial charge in [-0.3, -0.25) is 10.1 Å². The normalized spacial score (nSPS) is 15.6. The van der Waals surface area contributed by atoms with Crippen molar-refractivity contribution in [3.05, 3.63) is 44.7 Å². The van der Waals surface area contributed by atoms with E-state index in [9.17, 15) is 10.1 Å². The van der Waals surface area contributed by atoms with Gasteiger partial charge in [0.2, 0.25) is 11.6 Å². The summed E-state index contributed by atoms with van der Waals surface area (Å²) < 4.78 is 0. The van der Waals surface area contributed by atoms with Gasteiger partial charge in [0.25, 0.3) is 0 Å². The van der Waals surface area contributed by atoms with Crippen molar-refractivity contribution in [1.82, 2.24) is 14.9 Å². The fourth-order valence-electron chi connectivity index (χ4n) is 3.21. The summed E-state index contributed by atoms with van der Waals surface area (Å²) in [5.74, 6) is 0.392.